The van der Waals surface area contributed by atoms with Crippen LogP contribution >= 0.6 is 0 Å². The second-order valence-electron chi connectivity index (χ2n) is 4.28. The van der Waals surface area contributed by atoms with Crippen molar-refractivity contribution in [1.29, 1.82) is 0 Å². The van der Waals surface area contributed by atoms with Crippen LogP contribution in [0.2, 0.25) is 0 Å². The van der Waals surface area contributed by atoms with Gasteiger partial charge in [-0.25, -0.2) is 0 Å². The molecular weight excluding hydrogens is 192 g/mol. The van der Waals surface area contributed by atoms with E-state index < -0.39 is 18.0 Å². The molecule has 86 valence electrons. The van der Waals surface area contributed by atoms with Crippen molar-refractivity contribution >= 4 is 5.97 Å². The maximum Gasteiger partial charge on any atom is 0.309 e. The van der Waals surface area contributed by atoms with Gasteiger partial charge in [-0.2, -0.15) is 0 Å². The third kappa shape index (κ3) is 3.34. The molecular formula is C12H20O3. The Hall–Kier alpha value is -0.830. The molecule has 1 aliphatic carbocycles. The highest BCUT2D eigenvalue weighted by Gasteiger charge is 2.33. The fraction of sp³-hybridized carbons (Fsp3) is 0.750. The van der Waals surface area contributed by atoms with Crippen molar-refractivity contribution in [3.63, 3.8) is 0 Å². The summed E-state index contributed by atoms with van der Waals surface area (Å²) in [7, 11) is 0. The zero-order valence-electron chi connectivity index (χ0n) is 9.22. The van der Waals surface area contributed by atoms with Crippen molar-refractivity contribution in [3.05, 3.63) is 12.2 Å². The van der Waals surface area contributed by atoms with Gasteiger partial charge in [-0.3, -0.25) is 4.79 Å². The van der Waals surface area contributed by atoms with Gasteiger partial charge in [0.25, 0.3) is 0 Å². The number of hydrogen-bond donors (Lipinski definition) is 2. The van der Waals surface area contributed by atoms with E-state index in [2.05, 4.69) is 0 Å². The van der Waals surface area contributed by atoms with Crippen LogP contribution in [0, 0.1) is 11.8 Å². The topological polar surface area (TPSA) is 57.5 Å². The molecule has 15 heavy (non-hydrogen) atoms. The lowest BCUT2D eigenvalue weighted by Crippen LogP contribution is -2.34. The van der Waals surface area contributed by atoms with E-state index in [0.29, 0.717) is 0 Å². The minimum absolute atomic E-state index is 0.141. The fourth-order valence-electron chi connectivity index (χ4n) is 2.44. The number of aliphatic hydroxyl groups is 1. The number of carbonyl (C=O) groups is 1. The number of allylic oxidation sites excluding steroid dienone is 1. The summed E-state index contributed by atoms with van der Waals surface area (Å²) < 4.78 is 0. The molecule has 0 aromatic rings. The van der Waals surface area contributed by atoms with Gasteiger partial charge >= 0.3 is 5.97 Å². The van der Waals surface area contributed by atoms with E-state index in [1.165, 1.54) is 6.42 Å². The molecule has 0 spiro atoms. The van der Waals surface area contributed by atoms with Crippen molar-refractivity contribution in [1.82, 2.24) is 0 Å². The molecule has 1 saturated carbocycles. The zero-order valence-corrected chi connectivity index (χ0v) is 9.22. The largest absolute Gasteiger partial charge is 0.481 e. The minimum Gasteiger partial charge on any atom is -0.481 e. The summed E-state index contributed by atoms with van der Waals surface area (Å²) in [6, 6.07) is 0. The molecule has 0 saturated heterocycles. The highest BCUT2D eigenvalue weighted by Crippen LogP contribution is 2.32. The Morgan fingerprint density at radius 1 is 1.33 bits per heavy atom. The molecule has 2 N–H and O–H groups in total. The maximum absolute atomic E-state index is 11.1. The van der Waals surface area contributed by atoms with Crippen LogP contribution in [0.5, 0.6) is 0 Å². The average Bonchev–Trinajstić information content (AvgIpc) is 2.19. The van der Waals surface area contributed by atoms with Crippen LogP contribution in [-0.4, -0.2) is 22.3 Å². The van der Waals surface area contributed by atoms with Gasteiger partial charge in [-0.1, -0.05) is 31.4 Å². The quantitative estimate of drug-likeness (QED) is 0.702. The van der Waals surface area contributed by atoms with Crippen LogP contribution in [0.1, 0.15) is 39.0 Å². The van der Waals surface area contributed by atoms with Crippen LogP contribution < -0.4 is 0 Å². The monoisotopic (exact) mass is 212 g/mol. The number of carboxylic acids is 1. The first-order valence-corrected chi connectivity index (χ1v) is 5.70. The Balaban J connectivity index is 2.67. The van der Waals surface area contributed by atoms with E-state index in [-0.39, 0.29) is 5.92 Å². The van der Waals surface area contributed by atoms with Gasteiger partial charge < -0.3 is 10.2 Å². The lowest BCUT2D eigenvalue weighted by Gasteiger charge is -2.29. The molecule has 0 aromatic carbocycles. The molecule has 0 amide bonds. The molecule has 0 radical (unpaired) electrons. The van der Waals surface area contributed by atoms with Crippen molar-refractivity contribution in [2.45, 2.75) is 45.1 Å². The Labute approximate surface area is 90.8 Å². The molecule has 0 heterocycles. The summed E-state index contributed by atoms with van der Waals surface area (Å²) in [5, 5.41) is 18.9. The van der Waals surface area contributed by atoms with E-state index in [4.69, 9.17) is 5.11 Å². The Morgan fingerprint density at radius 2 is 1.93 bits per heavy atom. The molecule has 3 heteroatoms. The molecule has 1 fully saturated rings. The molecule has 1 rings (SSSR count). The van der Waals surface area contributed by atoms with Gasteiger partial charge in [0.2, 0.25) is 0 Å². The summed E-state index contributed by atoms with van der Waals surface area (Å²) in [6.45, 7) is 1.79. The first-order valence-electron chi connectivity index (χ1n) is 5.70. The van der Waals surface area contributed by atoms with Crippen LogP contribution in [0.4, 0.5) is 0 Å². The first-order chi connectivity index (χ1) is 7.16. The van der Waals surface area contributed by atoms with Gasteiger partial charge in [0.1, 0.15) is 0 Å². The highest BCUT2D eigenvalue weighted by molar-refractivity contribution is 5.71. The zero-order chi connectivity index (χ0) is 11.3. The number of carboxylic acid groups (broad SMARTS) is 1. The summed E-state index contributed by atoms with van der Waals surface area (Å²) >= 11 is 0. The van der Waals surface area contributed by atoms with Crippen LogP contribution in [-0.2, 0) is 4.79 Å². The van der Waals surface area contributed by atoms with E-state index in [1.807, 2.05) is 0 Å². The predicted octanol–water partition coefficient (Wildman–Crippen LogP) is 2.20. The third-order valence-corrected chi connectivity index (χ3v) is 3.20. The molecule has 0 unspecified atom stereocenters. The number of aliphatic carboxylic acids is 1. The average molecular weight is 212 g/mol. The summed E-state index contributed by atoms with van der Waals surface area (Å²) in [5.74, 6) is -1.35. The number of rotatable bonds is 4. The van der Waals surface area contributed by atoms with Crippen LogP contribution in [0.3, 0.4) is 0 Å². The lowest BCUT2D eigenvalue weighted by atomic mass is 9.77. The highest BCUT2D eigenvalue weighted by atomic mass is 16.4. The molecule has 0 bridgehead atoms. The van der Waals surface area contributed by atoms with Crippen molar-refractivity contribution < 1.29 is 15.0 Å². The standard InChI is InChI=1S/C12H20O3/c1-2-6-10(13)11(12(14)15)9-7-4-3-5-8-9/h2,6,9-11,13H,3-5,7-8H2,1H3,(H,14,15)/b6-2+/t10-,11+/m1/s1. The molecule has 2 atom stereocenters. The SMILES string of the molecule is C/C=C/[C@@H](O)[C@@H](C(=O)O)C1CCCCC1. The maximum atomic E-state index is 11.1. The van der Waals surface area contributed by atoms with Gasteiger partial charge in [-0.05, 0) is 25.7 Å². The van der Waals surface area contributed by atoms with Gasteiger partial charge in [0, 0.05) is 0 Å². The summed E-state index contributed by atoms with van der Waals surface area (Å²) in [6.07, 6.45) is 7.71. The van der Waals surface area contributed by atoms with Crippen LogP contribution in [0.15, 0.2) is 12.2 Å². The second kappa shape index (κ2) is 5.91. The van der Waals surface area contributed by atoms with Gasteiger partial charge in [-0.15, -0.1) is 0 Å². The van der Waals surface area contributed by atoms with Crippen LogP contribution in [0.25, 0.3) is 0 Å². The summed E-state index contributed by atoms with van der Waals surface area (Å²) in [5.41, 5.74) is 0. The minimum atomic E-state index is -0.868. The van der Waals surface area contributed by atoms with E-state index in [0.717, 1.165) is 25.7 Å². The third-order valence-electron chi connectivity index (χ3n) is 3.20. The fourth-order valence-corrected chi connectivity index (χ4v) is 2.44. The van der Waals surface area contributed by atoms with Crippen molar-refractivity contribution in [3.8, 4) is 0 Å². The Morgan fingerprint density at radius 3 is 2.40 bits per heavy atom. The normalized spacial score (nSPS) is 22.8. The summed E-state index contributed by atoms with van der Waals surface area (Å²) in [4.78, 5) is 11.1. The number of hydrogen-bond acceptors (Lipinski definition) is 2. The van der Waals surface area contributed by atoms with E-state index >= 15 is 0 Å². The first kappa shape index (κ1) is 12.2. The Kier molecular flexibility index (Phi) is 4.82. The Bertz CT molecular complexity index is 229. The number of aliphatic hydroxyl groups excluding tert-OH is 1. The van der Waals surface area contributed by atoms with Crippen molar-refractivity contribution in [2.75, 3.05) is 0 Å². The second-order valence-corrected chi connectivity index (χ2v) is 4.28. The van der Waals surface area contributed by atoms with E-state index in [1.54, 1.807) is 19.1 Å². The van der Waals surface area contributed by atoms with E-state index in [9.17, 15) is 9.90 Å². The predicted molar refractivity (Wildman–Crippen MR) is 58.5 cm³/mol. The molecule has 1 aliphatic rings. The smallest absolute Gasteiger partial charge is 0.309 e. The molecule has 0 aromatic heterocycles. The van der Waals surface area contributed by atoms with Gasteiger partial charge in [0.05, 0.1) is 12.0 Å². The lowest BCUT2D eigenvalue weighted by molar-refractivity contribution is -0.147. The van der Waals surface area contributed by atoms with Gasteiger partial charge in [0.15, 0.2) is 0 Å². The molecule has 0 aliphatic heterocycles. The molecule has 3 nitrogen and oxygen atoms in total. The van der Waals surface area contributed by atoms with Crippen molar-refractivity contribution in [2.24, 2.45) is 11.8 Å².